The van der Waals surface area contributed by atoms with Crippen molar-refractivity contribution in [3.8, 4) is 0 Å². The molecule has 0 aliphatic carbocycles. The first-order valence-corrected chi connectivity index (χ1v) is 5.15. The quantitative estimate of drug-likeness (QED) is 0.385. The summed E-state index contributed by atoms with van der Waals surface area (Å²) in [5.41, 5.74) is 0. The Morgan fingerprint density at radius 2 is 2.50 bits per heavy atom. The zero-order chi connectivity index (χ0) is 8.81. The van der Waals surface area contributed by atoms with Crippen LogP contribution in [-0.4, -0.2) is 25.6 Å². The van der Waals surface area contributed by atoms with E-state index in [2.05, 4.69) is 6.92 Å². The third-order valence-corrected chi connectivity index (χ3v) is 2.41. The molecule has 12 heavy (non-hydrogen) atoms. The molecular weight excluding hydrogens is 174 g/mol. The Kier molecular flexibility index (Phi) is 5.04. The van der Waals surface area contributed by atoms with E-state index in [9.17, 15) is 0 Å². The average Bonchev–Trinajstić information content (AvgIpc) is 2.09. The Morgan fingerprint density at radius 1 is 1.67 bits per heavy atom. The fraction of sp³-hybridized carbons (Fsp3) is 1.00. The standard InChI is InChI=1S/C8H16BClO2/c1-2-3-6-11-9-8(10)5-4-7-12-9/h8H,2-7H2,1H3. The molecule has 0 N–H and O–H groups in total. The van der Waals surface area contributed by atoms with Gasteiger partial charge in [0.05, 0.1) is 5.28 Å². The molecule has 1 heterocycles. The summed E-state index contributed by atoms with van der Waals surface area (Å²) in [6, 6.07) is 0. The second kappa shape index (κ2) is 5.84. The molecule has 0 saturated carbocycles. The van der Waals surface area contributed by atoms with Gasteiger partial charge in [0, 0.05) is 13.2 Å². The maximum Gasteiger partial charge on any atom is 0.476 e. The molecule has 0 spiro atoms. The van der Waals surface area contributed by atoms with Crippen LogP contribution < -0.4 is 0 Å². The highest BCUT2D eigenvalue weighted by atomic mass is 35.5. The molecule has 1 saturated heterocycles. The molecule has 70 valence electrons. The maximum absolute atomic E-state index is 6.01. The summed E-state index contributed by atoms with van der Waals surface area (Å²) in [7, 11) is -0.160. The molecule has 1 aliphatic rings. The van der Waals surface area contributed by atoms with Crippen LogP contribution in [0.2, 0.25) is 0 Å². The predicted molar refractivity (Wildman–Crippen MR) is 51.4 cm³/mol. The minimum Gasteiger partial charge on any atom is -0.410 e. The van der Waals surface area contributed by atoms with Crippen LogP contribution in [0.5, 0.6) is 0 Å². The molecule has 1 unspecified atom stereocenters. The molecular formula is C8H16BClO2. The second-order valence-corrected chi connectivity index (χ2v) is 3.68. The number of alkyl halides is 1. The number of unbranched alkanes of at least 4 members (excludes halogenated alkanes) is 1. The Hall–Kier alpha value is 0.275. The first-order chi connectivity index (χ1) is 5.84. The van der Waals surface area contributed by atoms with E-state index in [1.54, 1.807) is 0 Å². The lowest BCUT2D eigenvalue weighted by atomic mass is 9.79. The van der Waals surface area contributed by atoms with Gasteiger partial charge < -0.3 is 9.31 Å². The van der Waals surface area contributed by atoms with Crippen LogP contribution in [0.4, 0.5) is 0 Å². The molecule has 2 nitrogen and oxygen atoms in total. The van der Waals surface area contributed by atoms with Gasteiger partial charge in [0.1, 0.15) is 0 Å². The van der Waals surface area contributed by atoms with Crippen LogP contribution in [0.15, 0.2) is 0 Å². The largest absolute Gasteiger partial charge is 0.476 e. The first-order valence-electron chi connectivity index (χ1n) is 4.72. The van der Waals surface area contributed by atoms with Crippen molar-refractivity contribution >= 4 is 18.7 Å². The summed E-state index contributed by atoms with van der Waals surface area (Å²) in [4.78, 5) is 0. The van der Waals surface area contributed by atoms with Crippen LogP contribution in [0, 0.1) is 0 Å². The third kappa shape index (κ3) is 3.34. The minimum absolute atomic E-state index is 0.0515. The monoisotopic (exact) mass is 190 g/mol. The van der Waals surface area contributed by atoms with E-state index in [1.165, 1.54) is 0 Å². The van der Waals surface area contributed by atoms with Gasteiger partial charge in [-0.05, 0) is 19.3 Å². The van der Waals surface area contributed by atoms with Crippen molar-refractivity contribution in [2.75, 3.05) is 13.2 Å². The van der Waals surface area contributed by atoms with Crippen LogP contribution in [0.25, 0.3) is 0 Å². The molecule has 0 aromatic heterocycles. The van der Waals surface area contributed by atoms with Crippen LogP contribution in [0.1, 0.15) is 32.6 Å². The van der Waals surface area contributed by atoms with Gasteiger partial charge in [-0.15, -0.1) is 11.6 Å². The summed E-state index contributed by atoms with van der Waals surface area (Å²) >= 11 is 6.01. The van der Waals surface area contributed by atoms with Crippen molar-refractivity contribution < 1.29 is 9.31 Å². The smallest absolute Gasteiger partial charge is 0.410 e. The van der Waals surface area contributed by atoms with Crippen LogP contribution in [-0.2, 0) is 9.31 Å². The molecule has 1 rings (SSSR count). The van der Waals surface area contributed by atoms with E-state index < -0.39 is 0 Å². The zero-order valence-corrected chi connectivity index (χ0v) is 8.35. The first kappa shape index (κ1) is 10.4. The Morgan fingerprint density at radius 3 is 3.17 bits per heavy atom. The fourth-order valence-corrected chi connectivity index (χ4v) is 1.51. The van der Waals surface area contributed by atoms with Crippen LogP contribution in [0.3, 0.4) is 0 Å². The molecule has 1 aliphatic heterocycles. The lowest BCUT2D eigenvalue weighted by molar-refractivity contribution is 0.172. The summed E-state index contributed by atoms with van der Waals surface area (Å²) in [5, 5.41) is 0.0515. The molecule has 0 radical (unpaired) electrons. The Labute approximate surface area is 79.7 Å². The molecule has 0 bridgehead atoms. The number of rotatable bonds is 4. The van der Waals surface area contributed by atoms with Crippen molar-refractivity contribution in [3.05, 3.63) is 0 Å². The van der Waals surface area contributed by atoms with Gasteiger partial charge in [-0.3, -0.25) is 0 Å². The molecule has 1 fully saturated rings. The molecule has 0 amide bonds. The molecule has 4 heteroatoms. The highest BCUT2D eigenvalue weighted by Gasteiger charge is 2.31. The SMILES string of the molecule is CCCCOB1OCCCC1Cl. The molecule has 1 atom stereocenters. The van der Waals surface area contributed by atoms with E-state index in [0.717, 1.165) is 38.9 Å². The lowest BCUT2D eigenvalue weighted by Gasteiger charge is -2.23. The van der Waals surface area contributed by atoms with Gasteiger partial charge in [0.25, 0.3) is 0 Å². The van der Waals surface area contributed by atoms with Gasteiger partial charge in [0.2, 0.25) is 0 Å². The van der Waals surface area contributed by atoms with Gasteiger partial charge >= 0.3 is 7.12 Å². The van der Waals surface area contributed by atoms with Gasteiger partial charge in [0.15, 0.2) is 0 Å². The topological polar surface area (TPSA) is 18.5 Å². The Bertz CT molecular complexity index is 124. The van der Waals surface area contributed by atoms with E-state index in [-0.39, 0.29) is 12.4 Å². The van der Waals surface area contributed by atoms with E-state index in [0.29, 0.717) is 0 Å². The fourth-order valence-electron chi connectivity index (χ4n) is 1.21. The summed E-state index contributed by atoms with van der Waals surface area (Å²) < 4.78 is 10.9. The van der Waals surface area contributed by atoms with Gasteiger partial charge in [-0.1, -0.05) is 13.3 Å². The van der Waals surface area contributed by atoms with Gasteiger partial charge in [-0.2, -0.15) is 0 Å². The Balaban J connectivity index is 2.11. The van der Waals surface area contributed by atoms with Crippen molar-refractivity contribution in [1.29, 1.82) is 0 Å². The number of hydrogen-bond acceptors (Lipinski definition) is 2. The summed E-state index contributed by atoms with van der Waals surface area (Å²) in [5.74, 6) is 0. The second-order valence-electron chi connectivity index (χ2n) is 3.12. The van der Waals surface area contributed by atoms with Crippen molar-refractivity contribution in [2.45, 2.75) is 37.9 Å². The maximum atomic E-state index is 6.01. The van der Waals surface area contributed by atoms with E-state index >= 15 is 0 Å². The highest BCUT2D eigenvalue weighted by molar-refractivity contribution is 6.59. The molecule has 0 aromatic carbocycles. The summed E-state index contributed by atoms with van der Waals surface area (Å²) in [6.07, 6.45) is 4.31. The lowest BCUT2D eigenvalue weighted by Crippen LogP contribution is -2.38. The average molecular weight is 190 g/mol. The van der Waals surface area contributed by atoms with E-state index in [1.807, 2.05) is 0 Å². The predicted octanol–water partition coefficient (Wildman–Crippen LogP) is 2.25. The number of hydrogen-bond donors (Lipinski definition) is 0. The number of halogens is 1. The van der Waals surface area contributed by atoms with Crippen molar-refractivity contribution in [3.63, 3.8) is 0 Å². The van der Waals surface area contributed by atoms with Crippen LogP contribution >= 0.6 is 11.6 Å². The normalized spacial score (nSPS) is 24.5. The summed E-state index contributed by atoms with van der Waals surface area (Å²) in [6.45, 7) is 3.70. The van der Waals surface area contributed by atoms with Crippen molar-refractivity contribution in [2.24, 2.45) is 0 Å². The third-order valence-electron chi connectivity index (χ3n) is 1.98. The zero-order valence-electron chi connectivity index (χ0n) is 7.59. The minimum atomic E-state index is -0.160. The van der Waals surface area contributed by atoms with Gasteiger partial charge in [-0.25, -0.2) is 0 Å². The van der Waals surface area contributed by atoms with Crippen molar-refractivity contribution in [1.82, 2.24) is 0 Å². The highest BCUT2D eigenvalue weighted by Crippen LogP contribution is 2.17. The molecule has 0 aromatic rings. The van der Waals surface area contributed by atoms with E-state index in [4.69, 9.17) is 20.9 Å².